The van der Waals surface area contributed by atoms with Crippen LogP contribution in [0.1, 0.15) is 12.0 Å². The monoisotopic (exact) mass is 283 g/mol. The highest BCUT2D eigenvalue weighted by molar-refractivity contribution is 6.32. The van der Waals surface area contributed by atoms with Crippen LogP contribution in [0.4, 0.5) is 17.6 Å². The Bertz CT molecular complexity index is 468. The highest BCUT2D eigenvalue weighted by Crippen LogP contribution is 2.61. The minimum Gasteiger partial charge on any atom is -0.433 e. The van der Waals surface area contributed by atoms with Gasteiger partial charge < -0.3 is 10.5 Å². The predicted octanol–water partition coefficient (Wildman–Crippen LogP) is 3.18. The molecular formula is C11H10ClF4NO. The van der Waals surface area contributed by atoms with Crippen molar-refractivity contribution in [3.05, 3.63) is 28.8 Å². The van der Waals surface area contributed by atoms with Gasteiger partial charge in [-0.3, -0.25) is 0 Å². The summed E-state index contributed by atoms with van der Waals surface area (Å²) in [7, 11) is 0. The molecule has 1 unspecified atom stereocenters. The molecule has 7 heteroatoms. The summed E-state index contributed by atoms with van der Waals surface area (Å²) in [5.41, 5.74) is 4.18. The first-order valence-electron chi connectivity index (χ1n) is 5.15. The van der Waals surface area contributed by atoms with E-state index in [1.807, 2.05) is 0 Å². The van der Waals surface area contributed by atoms with Crippen molar-refractivity contribution in [2.24, 2.45) is 5.73 Å². The maximum Gasteiger partial charge on any atom is 0.387 e. The first-order valence-corrected chi connectivity index (χ1v) is 5.53. The van der Waals surface area contributed by atoms with Crippen molar-refractivity contribution >= 4 is 11.6 Å². The summed E-state index contributed by atoms with van der Waals surface area (Å²) < 4.78 is 54.8. The van der Waals surface area contributed by atoms with E-state index in [9.17, 15) is 17.6 Å². The van der Waals surface area contributed by atoms with Crippen LogP contribution in [-0.2, 0) is 5.41 Å². The molecule has 1 aromatic rings. The van der Waals surface area contributed by atoms with Gasteiger partial charge in [0.05, 0.1) is 10.4 Å². The Kier molecular flexibility index (Phi) is 3.19. The second-order valence-electron chi connectivity index (χ2n) is 4.19. The minimum absolute atomic E-state index is 0.136. The summed E-state index contributed by atoms with van der Waals surface area (Å²) in [4.78, 5) is 0. The zero-order valence-corrected chi connectivity index (χ0v) is 9.85. The van der Waals surface area contributed by atoms with E-state index in [2.05, 4.69) is 4.74 Å². The minimum atomic E-state index is -3.01. The van der Waals surface area contributed by atoms with Crippen LogP contribution in [0.25, 0.3) is 0 Å². The Labute approximate surface area is 106 Å². The molecule has 0 bridgehead atoms. The summed E-state index contributed by atoms with van der Waals surface area (Å²) in [5.74, 6) is -3.12. The Morgan fingerprint density at radius 3 is 2.39 bits per heavy atom. The molecule has 18 heavy (non-hydrogen) atoms. The Balaban J connectivity index is 2.30. The van der Waals surface area contributed by atoms with Crippen molar-refractivity contribution in [3.63, 3.8) is 0 Å². The van der Waals surface area contributed by atoms with Crippen LogP contribution >= 0.6 is 11.6 Å². The van der Waals surface area contributed by atoms with E-state index in [4.69, 9.17) is 17.3 Å². The summed E-state index contributed by atoms with van der Waals surface area (Å²) in [6.07, 6.45) is -0.359. The fourth-order valence-corrected chi connectivity index (χ4v) is 2.20. The highest BCUT2D eigenvalue weighted by atomic mass is 35.5. The Hall–Kier alpha value is -1.01. The second-order valence-corrected chi connectivity index (χ2v) is 4.60. The van der Waals surface area contributed by atoms with Gasteiger partial charge in [-0.15, -0.1) is 0 Å². The summed E-state index contributed by atoms with van der Waals surface area (Å²) in [6, 6.07) is 3.64. The third kappa shape index (κ3) is 2.03. The van der Waals surface area contributed by atoms with Crippen LogP contribution in [0.5, 0.6) is 5.75 Å². The number of alkyl halides is 4. The first kappa shape index (κ1) is 13.4. The fraction of sp³-hybridized carbons (Fsp3) is 0.455. The van der Waals surface area contributed by atoms with E-state index >= 15 is 0 Å². The van der Waals surface area contributed by atoms with Crippen molar-refractivity contribution in [1.29, 1.82) is 0 Å². The van der Waals surface area contributed by atoms with Gasteiger partial charge in [0.2, 0.25) is 0 Å². The molecule has 0 aromatic heterocycles. The molecule has 1 saturated carbocycles. The van der Waals surface area contributed by atoms with Gasteiger partial charge in [-0.1, -0.05) is 17.7 Å². The van der Waals surface area contributed by atoms with E-state index < -0.39 is 17.9 Å². The lowest BCUT2D eigenvalue weighted by molar-refractivity contribution is -0.0498. The fourth-order valence-electron chi connectivity index (χ4n) is 1.98. The van der Waals surface area contributed by atoms with Gasteiger partial charge in [0, 0.05) is 13.0 Å². The van der Waals surface area contributed by atoms with E-state index in [0.29, 0.717) is 0 Å². The SMILES string of the molecule is NCC1(c2ccc(OC(F)F)c(Cl)c2)CC1(F)F. The van der Waals surface area contributed by atoms with Crippen molar-refractivity contribution in [3.8, 4) is 5.75 Å². The van der Waals surface area contributed by atoms with Crippen LogP contribution in [0.15, 0.2) is 18.2 Å². The molecule has 100 valence electrons. The molecule has 0 radical (unpaired) electrons. The molecule has 2 rings (SSSR count). The Morgan fingerprint density at radius 1 is 1.39 bits per heavy atom. The lowest BCUT2D eigenvalue weighted by Gasteiger charge is -2.16. The zero-order chi connectivity index (χ0) is 13.6. The molecule has 2 nitrogen and oxygen atoms in total. The van der Waals surface area contributed by atoms with Gasteiger partial charge in [-0.2, -0.15) is 8.78 Å². The summed E-state index contributed by atoms with van der Waals surface area (Å²) in [5, 5.41) is -0.136. The van der Waals surface area contributed by atoms with Gasteiger partial charge >= 0.3 is 6.61 Å². The van der Waals surface area contributed by atoms with E-state index in [1.54, 1.807) is 0 Å². The smallest absolute Gasteiger partial charge is 0.387 e. The number of hydrogen-bond acceptors (Lipinski definition) is 2. The van der Waals surface area contributed by atoms with Crippen molar-refractivity contribution < 1.29 is 22.3 Å². The number of rotatable bonds is 4. The van der Waals surface area contributed by atoms with Gasteiger partial charge in [-0.25, -0.2) is 8.78 Å². The molecule has 0 heterocycles. The summed E-state index contributed by atoms with van der Waals surface area (Å²) >= 11 is 5.71. The largest absolute Gasteiger partial charge is 0.433 e. The number of ether oxygens (including phenoxy) is 1. The normalized spacial score (nSPS) is 25.3. The lowest BCUT2D eigenvalue weighted by Crippen LogP contribution is -2.26. The molecule has 0 saturated heterocycles. The molecule has 1 atom stereocenters. The van der Waals surface area contributed by atoms with Gasteiger partial charge in [0.15, 0.2) is 0 Å². The number of hydrogen-bond donors (Lipinski definition) is 1. The standard InChI is InChI=1S/C11H10ClF4NO/c12-7-3-6(1-2-8(7)18-9(13)14)10(5-17)4-11(10,15)16/h1-3,9H,4-5,17H2. The average molecular weight is 284 g/mol. The molecule has 1 aromatic carbocycles. The highest BCUT2D eigenvalue weighted by Gasteiger charge is 2.71. The Morgan fingerprint density at radius 2 is 2.00 bits per heavy atom. The van der Waals surface area contributed by atoms with Crippen molar-refractivity contribution in [2.75, 3.05) is 6.54 Å². The molecular weight excluding hydrogens is 274 g/mol. The number of benzene rings is 1. The molecule has 0 amide bonds. The maximum atomic E-state index is 13.3. The summed E-state index contributed by atoms with van der Waals surface area (Å²) in [6.45, 7) is -3.25. The third-order valence-electron chi connectivity index (χ3n) is 3.15. The van der Waals surface area contributed by atoms with Crippen LogP contribution in [0.2, 0.25) is 5.02 Å². The van der Waals surface area contributed by atoms with E-state index in [1.165, 1.54) is 12.1 Å². The number of nitrogens with two attached hydrogens (primary N) is 1. The second kappa shape index (κ2) is 4.28. The molecule has 1 aliphatic rings. The molecule has 0 spiro atoms. The third-order valence-corrected chi connectivity index (χ3v) is 3.44. The van der Waals surface area contributed by atoms with Gasteiger partial charge in [-0.05, 0) is 17.7 Å². The first-order chi connectivity index (χ1) is 8.32. The zero-order valence-electron chi connectivity index (χ0n) is 9.10. The van der Waals surface area contributed by atoms with Crippen LogP contribution < -0.4 is 10.5 Å². The quantitative estimate of drug-likeness (QED) is 0.862. The van der Waals surface area contributed by atoms with Crippen molar-refractivity contribution in [2.45, 2.75) is 24.4 Å². The predicted molar refractivity (Wildman–Crippen MR) is 58.4 cm³/mol. The van der Waals surface area contributed by atoms with Gasteiger partial charge in [0.1, 0.15) is 5.75 Å². The number of halogens is 5. The van der Waals surface area contributed by atoms with E-state index in [-0.39, 0.29) is 29.3 Å². The molecule has 1 fully saturated rings. The van der Waals surface area contributed by atoms with E-state index in [0.717, 1.165) is 6.07 Å². The van der Waals surface area contributed by atoms with Crippen LogP contribution in [0, 0.1) is 0 Å². The molecule has 1 aliphatic carbocycles. The molecule has 2 N–H and O–H groups in total. The maximum absolute atomic E-state index is 13.3. The topological polar surface area (TPSA) is 35.2 Å². The van der Waals surface area contributed by atoms with Crippen molar-refractivity contribution in [1.82, 2.24) is 0 Å². The van der Waals surface area contributed by atoms with Crippen LogP contribution in [0.3, 0.4) is 0 Å². The van der Waals surface area contributed by atoms with Gasteiger partial charge in [0.25, 0.3) is 5.92 Å². The average Bonchev–Trinajstić information content (AvgIpc) is 2.85. The van der Waals surface area contributed by atoms with Crippen LogP contribution in [-0.4, -0.2) is 19.1 Å². The lowest BCUT2D eigenvalue weighted by atomic mass is 9.95. The molecule has 0 aliphatic heterocycles.